The largest absolute Gasteiger partial charge is 0.386 e. The summed E-state index contributed by atoms with van der Waals surface area (Å²) >= 11 is 1.54. The number of aliphatic hydroxyl groups excluding tert-OH is 1. The van der Waals surface area contributed by atoms with Gasteiger partial charge in [-0.25, -0.2) is 0 Å². The van der Waals surface area contributed by atoms with Crippen molar-refractivity contribution in [1.82, 2.24) is 15.5 Å². The molecular weight excluding hydrogens is 298 g/mol. The Labute approximate surface area is 132 Å². The summed E-state index contributed by atoms with van der Waals surface area (Å²) in [7, 11) is 0. The van der Waals surface area contributed by atoms with Gasteiger partial charge in [0.15, 0.2) is 0 Å². The molecule has 22 heavy (non-hydrogen) atoms. The first kappa shape index (κ1) is 14.7. The SMILES string of the molecule is Cc1n[nH]c(C)c1C(=O)NCC(O)c1cc2ccccc2s1. The average Bonchev–Trinajstić information content (AvgIpc) is 3.08. The van der Waals surface area contributed by atoms with Crippen molar-refractivity contribution >= 4 is 27.3 Å². The predicted molar refractivity (Wildman–Crippen MR) is 87.2 cm³/mol. The van der Waals surface area contributed by atoms with Crippen LogP contribution in [-0.4, -0.2) is 27.8 Å². The number of amides is 1. The summed E-state index contributed by atoms with van der Waals surface area (Å²) in [6, 6.07) is 9.94. The van der Waals surface area contributed by atoms with Gasteiger partial charge < -0.3 is 10.4 Å². The van der Waals surface area contributed by atoms with Gasteiger partial charge in [-0.2, -0.15) is 5.10 Å². The van der Waals surface area contributed by atoms with Crippen molar-refractivity contribution < 1.29 is 9.90 Å². The number of rotatable bonds is 4. The molecule has 0 aliphatic heterocycles. The molecule has 0 spiro atoms. The van der Waals surface area contributed by atoms with Crippen LogP contribution in [0, 0.1) is 13.8 Å². The zero-order chi connectivity index (χ0) is 15.7. The van der Waals surface area contributed by atoms with Crippen LogP contribution in [0.1, 0.15) is 32.7 Å². The third kappa shape index (κ3) is 2.75. The lowest BCUT2D eigenvalue weighted by Crippen LogP contribution is -2.28. The summed E-state index contributed by atoms with van der Waals surface area (Å²) in [5, 5.41) is 20.9. The molecule has 0 saturated carbocycles. The number of thiophene rings is 1. The van der Waals surface area contributed by atoms with E-state index in [0.717, 1.165) is 20.7 Å². The molecule has 0 radical (unpaired) electrons. The van der Waals surface area contributed by atoms with Crippen LogP contribution in [0.25, 0.3) is 10.1 Å². The molecule has 5 nitrogen and oxygen atoms in total. The van der Waals surface area contributed by atoms with Gasteiger partial charge in [0.1, 0.15) is 6.10 Å². The number of H-pyrrole nitrogens is 1. The third-order valence-corrected chi connectivity index (χ3v) is 4.80. The van der Waals surface area contributed by atoms with Crippen molar-refractivity contribution in [1.29, 1.82) is 0 Å². The van der Waals surface area contributed by atoms with Crippen molar-refractivity contribution in [3.05, 3.63) is 52.2 Å². The van der Waals surface area contributed by atoms with Gasteiger partial charge in [0, 0.05) is 21.8 Å². The van der Waals surface area contributed by atoms with Gasteiger partial charge in [0.05, 0.1) is 11.3 Å². The van der Waals surface area contributed by atoms with Gasteiger partial charge in [-0.3, -0.25) is 9.89 Å². The molecule has 0 fully saturated rings. The highest BCUT2D eigenvalue weighted by molar-refractivity contribution is 7.19. The van der Waals surface area contributed by atoms with E-state index in [1.165, 1.54) is 0 Å². The number of nitrogens with one attached hydrogen (secondary N) is 2. The first-order chi connectivity index (χ1) is 10.6. The Hall–Kier alpha value is -2.18. The fourth-order valence-electron chi connectivity index (χ4n) is 2.43. The molecule has 114 valence electrons. The van der Waals surface area contributed by atoms with E-state index in [4.69, 9.17) is 0 Å². The molecule has 3 aromatic rings. The lowest BCUT2D eigenvalue weighted by molar-refractivity contribution is 0.0917. The molecule has 0 saturated heterocycles. The number of hydrogen-bond acceptors (Lipinski definition) is 4. The summed E-state index contributed by atoms with van der Waals surface area (Å²) in [5.74, 6) is -0.219. The number of hydrogen-bond donors (Lipinski definition) is 3. The second-order valence-electron chi connectivity index (χ2n) is 5.22. The monoisotopic (exact) mass is 315 g/mol. The number of aryl methyl sites for hydroxylation is 2. The Balaban J connectivity index is 1.69. The van der Waals surface area contributed by atoms with E-state index in [0.29, 0.717) is 11.3 Å². The van der Waals surface area contributed by atoms with E-state index in [9.17, 15) is 9.90 Å². The van der Waals surface area contributed by atoms with Crippen LogP contribution in [0.4, 0.5) is 0 Å². The highest BCUT2D eigenvalue weighted by atomic mass is 32.1. The maximum absolute atomic E-state index is 12.2. The van der Waals surface area contributed by atoms with E-state index in [1.807, 2.05) is 30.3 Å². The Bertz CT molecular complexity index is 769. The number of aromatic nitrogens is 2. The standard InChI is InChI=1S/C16H17N3O2S/c1-9-15(10(2)19-18-9)16(21)17-8-12(20)14-7-11-5-3-4-6-13(11)22-14/h3-7,12,20H,8H2,1-2H3,(H,17,21)(H,18,19). The number of aliphatic hydroxyl groups is 1. The average molecular weight is 315 g/mol. The third-order valence-electron chi connectivity index (χ3n) is 3.58. The Kier molecular flexibility index (Phi) is 3.96. The van der Waals surface area contributed by atoms with E-state index >= 15 is 0 Å². The zero-order valence-corrected chi connectivity index (χ0v) is 13.2. The molecule has 0 aliphatic rings. The molecule has 3 N–H and O–H groups in total. The van der Waals surface area contributed by atoms with Crippen LogP contribution in [0.3, 0.4) is 0 Å². The molecule has 1 unspecified atom stereocenters. The van der Waals surface area contributed by atoms with Crippen LogP contribution in [0.2, 0.25) is 0 Å². The van der Waals surface area contributed by atoms with Crippen molar-refractivity contribution in [2.24, 2.45) is 0 Å². The van der Waals surface area contributed by atoms with Gasteiger partial charge >= 0.3 is 0 Å². The lowest BCUT2D eigenvalue weighted by Gasteiger charge is -2.10. The first-order valence-corrected chi connectivity index (χ1v) is 7.84. The highest BCUT2D eigenvalue weighted by Crippen LogP contribution is 2.29. The first-order valence-electron chi connectivity index (χ1n) is 7.02. The lowest BCUT2D eigenvalue weighted by atomic mass is 10.2. The maximum Gasteiger partial charge on any atom is 0.255 e. The van der Waals surface area contributed by atoms with Crippen molar-refractivity contribution in [2.45, 2.75) is 20.0 Å². The molecule has 1 atom stereocenters. The van der Waals surface area contributed by atoms with Crippen LogP contribution in [0.5, 0.6) is 0 Å². The second kappa shape index (κ2) is 5.90. The topological polar surface area (TPSA) is 78.0 Å². The summed E-state index contributed by atoms with van der Waals surface area (Å²) in [5.41, 5.74) is 1.93. The normalized spacial score (nSPS) is 12.5. The molecular formula is C16H17N3O2S. The fraction of sp³-hybridized carbons (Fsp3) is 0.250. The number of benzene rings is 1. The zero-order valence-electron chi connectivity index (χ0n) is 12.4. The van der Waals surface area contributed by atoms with Gasteiger partial charge in [-0.15, -0.1) is 11.3 Å². The molecule has 6 heteroatoms. The molecule has 2 heterocycles. The molecule has 3 rings (SSSR count). The number of carbonyl (C=O) groups is 1. The van der Waals surface area contributed by atoms with E-state index in [-0.39, 0.29) is 12.5 Å². The minimum absolute atomic E-state index is 0.176. The van der Waals surface area contributed by atoms with Gasteiger partial charge in [0.25, 0.3) is 5.91 Å². The van der Waals surface area contributed by atoms with Crippen LogP contribution < -0.4 is 5.32 Å². The number of aromatic amines is 1. The minimum Gasteiger partial charge on any atom is -0.386 e. The number of fused-ring (bicyclic) bond motifs is 1. The molecule has 1 amide bonds. The van der Waals surface area contributed by atoms with E-state index in [2.05, 4.69) is 15.5 Å². The minimum atomic E-state index is -0.714. The Morgan fingerprint density at radius 2 is 2.18 bits per heavy atom. The van der Waals surface area contributed by atoms with E-state index in [1.54, 1.807) is 25.2 Å². The smallest absolute Gasteiger partial charge is 0.255 e. The maximum atomic E-state index is 12.2. The van der Waals surface area contributed by atoms with Crippen LogP contribution >= 0.6 is 11.3 Å². The quantitative estimate of drug-likeness (QED) is 0.692. The number of nitrogens with zero attached hydrogens (tertiary/aromatic N) is 1. The highest BCUT2D eigenvalue weighted by Gasteiger charge is 2.17. The van der Waals surface area contributed by atoms with Crippen molar-refractivity contribution in [2.75, 3.05) is 6.54 Å². The van der Waals surface area contributed by atoms with Gasteiger partial charge in [0.2, 0.25) is 0 Å². The second-order valence-corrected chi connectivity index (χ2v) is 6.34. The summed E-state index contributed by atoms with van der Waals surface area (Å²) < 4.78 is 1.13. The van der Waals surface area contributed by atoms with Crippen LogP contribution in [-0.2, 0) is 0 Å². The number of carbonyl (C=O) groups excluding carboxylic acids is 1. The van der Waals surface area contributed by atoms with Crippen LogP contribution in [0.15, 0.2) is 30.3 Å². The van der Waals surface area contributed by atoms with Crippen molar-refractivity contribution in [3.63, 3.8) is 0 Å². The summed E-state index contributed by atoms with van der Waals surface area (Å²) in [6.07, 6.45) is -0.714. The summed E-state index contributed by atoms with van der Waals surface area (Å²) in [4.78, 5) is 13.0. The van der Waals surface area contributed by atoms with E-state index < -0.39 is 6.10 Å². The van der Waals surface area contributed by atoms with Gasteiger partial charge in [-0.1, -0.05) is 18.2 Å². The molecule has 0 aliphatic carbocycles. The Morgan fingerprint density at radius 1 is 1.41 bits per heavy atom. The predicted octanol–water partition coefficient (Wildman–Crippen LogP) is 2.70. The molecule has 1 aromatic carbocycles. The Morgan fingerprint density at radius 3 is 2.86 bits per heavy atom. The summed E-state index contributed by atoms with van der Waals surface area (Å²) in [6.45, 7) is 3.76. The fourth-order valence-corrected chi connectivity index (χ4v) is 3.48. The van der Waals surface area contributed by atoms with Crippen molar-refractivity contribution in [3.8, 4) is 0 Å². The molecule has 2 aromatic heterocycles. The molecule has 0 bridgehead atoms. The van der Waals surface area contributed by atoms with Gasteiger partial charge in [-0.05, 0) is 31.4 Å².